The van der Waals surface area contributed by atoms with Gasteiger partial charge in [-0.15, -0.1) is 0 Å². The fourth-order valence-electron chi connectivity index (χ4n) is 3.51. The highest BCUT2D eigenvalue weighted by Crippen LogP contribution is 2.53. The van der Waals surface area contributed by atoms with Crippen LogP contribution in [0.1, 0.15) is 22.3 Å². The quantitative estimate of drug-likeness (QED) is 0.555. The van der Waals surface area contributed by atoms with Crippen LogP contribution in [0.3, 0.4) is 0 Å². The van der Waals surface area contributed by atoms with Crippen LogP contribution in [0.2, 0.25) is 0 Å². The van der Waals surface area contributed by atoms with E-state index in [-0.39, 0.29) is 17.2 Å². The molecule has 0 amide bonds. The van der Waals surface area contributed by atoms with E-state index in [0.717, 1.165) is 5.56 Å². The van der Waals surface area contributed by atoms with Crippen molar-refractivity contribution < 1.29 is 19.7 Å². The van der Waals surface area contributed by atoms with Crippen molar-refractivity contribution in [2.24, 2.45) is 0 Å². The van der Waals surface area contributed by atoms with Crippen LogP contribution in [0, 0.1) is 6.92 Å². The van der Waals surface area contributed by atoms with Crippen molar-refractivity contribution in [3.05, 3.63) is 89.0 Å². The molecule has 1 heterocycles. The summed E-state index contributed by atoms with van der Waals surface area (Å²) in [7, 11) is 0. The Hall–Kier alpha value is -3.27. The van der Waals surface area contributed by atoms with Gasteiger partial charge in [-0.05, 0) is 18.1 Å². The topological polar surface area (TPSA) is 66.8 Å². The summed E-state index contributed by atoms with van der Waals surface area (Å²) in [5.74, 6) is -0.660. The van der Waals surface area contributed by atoms with Gasteiger partial charge in [-0.3, -0.25) is 0 Å². The summed E-state index contributed by atoms with van der Waals surface area (Å²) in [4.78, 5) is 13.1. The van der Waals surface area contributed by atoms with Crippen molar-refractivity contribution in [2.75, 3.05) is 0 Å². The van der Waals surface area contributed by atoms with E-state index < -0.39 is 11.4 Å². The van der Waals surface area contributed by atoms with Gasteiger partial charge in [0.25, 0.3) is 0 Å². The van der Waals surface area contributed by atoms with Crippen molar-refractivity contribution in [1.29, 1.82) is 0 Å². The molecule has 0 aromatic heterocycles. The highest BCUT2D eigenvalue weighted by molar-refractivity contribution is 5.99. The highest BCUT2D eigenvalue weighted by atomic mass is 16.5. The Bertz CT molecular complexity index is 961. The molecule has 0 fully saturated rings. The lowest BCUT2D eigenvalue weighted by atomic mass is 9.70. The van der Waals surface area contributed by atoms with Gasteiger partial charge in [0.2, 0.25) is 0 Å². The summed E-state index contributed by atoms with van der Waals surface area (Å²) in [6.45, 7) is 1.97. The number of aryl methyl sites for hydroxylation is 1. The minimum atomic E-state index is -1.28. The van der Waals surface area contributed by atoms with Gasteiger partial charge in [0.05, 0.1) is 5.56 Å². The molecule has 1 unspecified atom stereocenters. The molecule has 0 aliphatic carbocycles. The summed E-state index contributed by atoms with van der Waals surface area (Å²) in [5, 5.41) is 20.3. The molecular weight excluding hydrogens is 316 g/mol. The SMILES string of the molecule is Cc1ccc(C2(c3ccccc3)C(=O)Oc3cc(O)cc(O)c32)cc1. The third-order valence-corrected chi connectivity index (χ3v) is 4.64. The van der Waals surface area contributed by atoms with Crippen LogP contribution in [0.25, 0.3) is 0 Å². The van der Waals surface area contributed by atoms with E-state index in [2.05, 4.69) is 0 Å². The van der Waals surface area contributed by atoms with Crippen LogP contribution >= 0.6 is 0 Å². The smallest absolute Gasteiger partial charge is 0.331 e. The monoisotopic (exact) mass is 332 g/mol. The van der Waals surface area contributed by atoms with Gasteiger partial charge in [-0.1, -0.05) is 60.2 Å². The van der Waals surface area contributed by atoms with E-state index in [0.29, 0.717) is 16.7 Å². The van der Waals surface area contributed by atoms with E-state index in [1.165, 1.54) is 12.1 Å². The Labute approximate surface area is 144 Å². The zero-order chi connectivity index (χ0) is 17.6. The number of aromatic hydroxyl groups is 2. The van der Waals surface area contributed by atoms with Crippen molar-refractivity contribution in [3.8, 4) is 17.2 Å². The normalized spacial score (nSPS) is 18.7. The van der Waals surface area contributed by atoms with E-state index in [4.69, 9.17) is 4.74 Å². The number of carbonyl (C=O) groups excluding carboxylic acids is 1. The molecule has 0 saturated heterocycles. The lowest BCUT2D eigenvalue weighted by Crippen LogP contribution is -2.36. The molecule has 4 heteroatoms. The molecule has 0 spiro atoms. The first-order chi connectivity index (χ1) is 12.0. The summed E-state index contributed by atoms with van der Waals surface area (Å²) in [6, 6.07) is 19.4. The van der Waals surface area contributed by atoms with Crippen LogP contribution in [0.5, 0.6) is 17.2 Å². The molecule has 0 saturated carbocycles. The number of benzene rings is 3. The minimum Gasteiger partial charge on any atom is -0.508 e. The molecule has 0 bridgehead atoms. The van der Waals surface area contributed by atoms with Crippen molar-refractivity contribution in [2.45, 2.75) is 12.3 Å². The lowest BCUT2D eigenvalue weighted by molar-refractivity contribution is -0.135. The molecule has 1 aliphatic heterocycles. The molecule has 124 valence electrons. The number of ether oxygens (including phenoxy) is 1. The maximum Gasteiger partial charge on any atom is 0.331 e. The molecular formula is C21H16O4. The standard InChI is InChI=1S/C21H16O4/c1-13-7-9-15(10-8-13)21(14-5-3-2-4-6-14)19-17(23)11-16(22)12-18(19)25-20(21)24/h2-12,22-23H,1H3. The predicted octanol–water partition coefficient (Wildman–Crippen LogP) is 3.66. The van der Waals surface area contributed by atoms with Crippen molar-refractivity contribution in [1.82, 2.24) is 0 Å². The Balaban J connectivity index is 2.11. The maximum absolute atomic E-state index is 13.1. The summed E-state index contributed by atoms with van der Waals surface area (Å²) >= 11 is 0. The Kier molecular flexibility index (Phi) is 3.29. The van der Waals surface area contributed by atoms with Crippen LogP contribution in [0.15, 0.2) is 66.7 Å². The van der Waals surface area contributed by atoms with Gasteiger partial charge < -0.3 is 14.9 Å². The van der Waals surface area contributed by atoms with E-state index in [9.17, 15) is 15.0 Å². The molecule has 4 rings (SSSR count). The Morgan fingerprint density at radius 2 is 1.52 bits per heavy atom. The van der Waals surface area contributed by atoms with E-state index >= 15 is 0 Å². The first-order valence-corrected chi connectivity index (χ1v) is 7.95. The van der Waals surface area contributed by atoms with Crippen molar-refractivity contribution in [3.63, 3.8) is 0 Å². The summed E-state index contributed by atoms with van der Waals surface area (Å²) in [5.41, 5.74) is 1.54. The van der Waals surface area contributed by atoms with Crippen LogP contribution in [-0.2, 0) is 10.2 Å². The number of phenols is 2. The van der Waals surface area contributed by atoms with Gasteiger partial charge in [0, 0.05) is 12.1 Å². The number of hydrogen-bond donors (Lipinski definition) is 2. The number of esters is 1. The zero-order valence-corrected chi connectivity index (χ0v) is 13.6. The first-order valence-electron chi connectivity index (χ1n) is 7.95. The zero-order valence-electron chi connectivity index (χ0n) is 13.6. The lowest BCUT2D eigenvalue weighted by Gasteiger charge is -2.28. The summed E-state index contributed by atoms with van der Waals surface area (Å²) < 4.78 is 5.46. The van der Waals surface area contributed by atoms with Gasteiger partial charge in [-0.25, -0.2) is 4.79 Å². The highest BCUT2D eigenvalue weighted by Gasteiger charge is 2.54. The van der Waals surface area contributed by atoms with Crippen LogP contribution in [0.4, 0.5) is 0 Å². The average Bonchev–Trinajstić information content (AvgIpc) is 2.89. The minimum absolute atomic E-state index is 0.156. The van der Waals surface area contributed by atoms with E-state index in [1.54, 1.807) is 0 Å². The Morgan fingerprint density at radius 3 is 2.20 bits per heavy atom. The predicted molar refractivity (Wildman–Crippen MR) is 92.9 cm³/mol. The van der Waals surface area contributed by atoms with Crippen LogP contribution in [-0.4, -0.2) is 16.2 Å². The summed E-state index contributed by atoms with van der Waals surface area (Å²) in [6.07, 6.45) is 0. The molecule has 25 heavy (non-hydrogen) atoms. The first kappa shape index (κ1) is 15.3. The van der Waals surface area contributed by atoms with Gasteiger partial charge in [-0.2, -0.15) is 0 Å². The van der Waals surface area contributed by atoms with Crippen LogP contribution < -0.4 is 4.74 Å². The van der Waals surface area contributed by atoms with E-state index in [1.807, 2.05) is 61.5 Å². The second-order valence-corrected chi connectivity index (χ2v) is 6.21. The molecule has 1 atom stereocenters. The van der Waals surface area contributed by atoms with Crippen molar-refractivity contribution >= 4 is 5.97 Å². The third kappa shape index (κ3) is 2.11. The molecule has 3 aromatic rings. The number of hydrogen-bond acceptors (Lipinski definition) is 4. The molecule has 0 radical (unpaired) electrons. The number of rotatable bonds is 2. The van der Waals surface area contributed by atoms with Gasteiger partial charge in [0.15, 0.2) is 5.41 Å². The molecule has 2 N–H and O–H groups in total. The van der Waals surface area contributed by atoms with Gasteiger partial charge in [0.1, 0.15) is 17.2 Å². The largest absolute Gasteiger partial charge is 0.508 e. The second-order valence-electron chi connectivity index (χ2n) is 6.21. The van der Waals surface area contributed by atoms with Gasteiger partial charge >= 0.3 is 5.97 Å². The fourth-order valence-corrected chi connectivity index (χ4v) is 3.51. The molecule has 1 aliphatic rings. The number of phenolic OH excluding ortho intramolecular Hbond substituents is 2. The Morgan fingerprint density at radius 1 is 0.880 bits per heavy atom. The maximum atomic E-state index is 13.1. The fraction of sp³-hybridized carbons (Fsp3) is 0.0952. The molecule has 4 nitrogen and oxygen atoms in total. The second kappa shape index (κ2) is 5.38. The average molecular weight is 332 g/mol. The number of fused-ring (bicyclic) bond motifs is 1. The number of carbonyl (C=O) groups is 1. The molecule has 3 aromatic carbocycles. The third-order valence-electron chi connectivity index (χ3n) is 4.64.